The van der Waals surface area contributed by atoms with Crippen molar-refractivity contribution < 1.29 is 9.84 Å². The van der Waals surface area contributed by atoms with Crippen LogP contribution < -0.4 is 4.74 Å². The normalized spacial score (nSPS) is 33.4. The third-order valence-electron chi connectivity index (χ3n) is 5.49. The quantitative estimate of drug-likeness (QED) is 0.895. The van der Waals surface area contributed by atoms with E-state index in [0.29, 0.717) is 12.0 Å². The lowest BCUT2D eigenvalue weighted by Crippen LogP contribution is -2.45. The van der Waals surface area contributed by atoms with Gasteiger partial charge in [-0.2, -0.15) is 0 Å². The lowest BCUT2D eigenvalue weighted by molar-refractivity contribution is -0.00694. The van der Waals surface area contributed by atoms with Gasteiger partial charge in [-0.3, -0.25) is 0 Å². The molecule has 0 radical (unpaired) electrons. The van der Waals surface area contributed by atoms with Gasteiger partial charge < -0.3 is 9.84 Å². The van der Waals surface area contributed by atoms with Crippen LogP contribution in [0.15, 0.2) is 24.3 Å². The van der Waals surface area contributed by atoms with Gasteiger partial charge in [0.15, 0.2) is 0 Å². The first-order chi connectivity index (χ1) is 9.22. The molecule has 3 aliphatic rings. The van der Waals surface area contributed by atoms with Gasteiger partial charge in [0, 0.05) is 6.61 Å². The van der Waals surface area contributed by atoms with Crippen LogP contribution in [-0.2, 0) is 5.41 Å². The lowest BCUT2D eigenvalue weighted by atomic mass is 9.52. The van der Waals surface area contributed by atoms with Crippen molar-refractivity contribution in [2.24, 2.45) is 5.41 Å². The Hall–Kier alpha value is -1.02. The average Bonchev–Trinajstić information content (AvgIpc) is 2.50. The second-order valence-corrected chi connectivity index (χ2v) is 6.40. The van der Waals surface area contributed by atoms with Gasteiger partial charge in [-0.1, -0.05) is 12.1 Å². The molecule has 0 aromatic heterocycles. The second-order valence-electron chi connectivity index (χ2n) is 6.40. The van der Waals surface area contributed by atoms with Crippen LogP contribution in [0.1, 0.15) is 51.0 Å². The van der Waals surface area contributed by atoms with Gasteiger partial charge >= 0.3 is 0 Å². The molecule has 0 amide bonds. The highest BCUT2D eigenvalue weighted by atomic mass is 16.5. The number of aliphatic hydroxyl groups excluding tert-OH is 1. The van der Waals surface area contributed by atoms with Crippen LogP contribution >= 0.6 is 0 Å². The monoisotopic (exact) mass is 260 g/mol. The fourth-order valence-electron chi connectivity index (χ4n) is 4.02. The predicted molar refractivity (Wildman–Crippen MR) is 76.5 cm³/mol. The molecule has 2 nitrogen and oxygen atoms in total. The van der Waals surface area contributed by atoms with Crippen LogP contribution in [0.4, 0.5) is 0 Å². The molecular weight excluding hydrogens is 236 g/mol. The van der Waals surface area contributed by atoms with Gasteiger partial charge in [0.2, 0.25) is 0 Å². The van der Waals surface area contributed by atoms with Crippen molar-refractivity contribution in [1.29, 1.82) is 0 Å². The first kappa shape index (κ1) is 13.0. The van der Waals surface area contributed by atoms with Crippen LogP contribution in [0.5, 0.6) is 5.75 Å². The van der Waals surface area contributed by atoms with Crippen molar-refractivity contribution in [3.63, 3.8) is 0 Å². The predicted octanol–water partition coefficient (Wildman–Crippen LogP) is 3.67. The van der Waals surface area contributed by atoms with Crippen LogP contribution in [0, 0.1) is 5.41 Å². The first-order valence-corrected chi connectivity index (χ1v) is 7.56. The second kappa shape index (κ2) is 4.82. The summed E-state index contributed by atoms with van der Waals surface area (Å²) in [5.74, 6) is 0.999. The van der Waals surface area contributed by atoms with E-state index in [1.165, 1.54) is 44.1 Å². The maximum atomic E-state index is 9.61. The zero-order valence-corrected chi connectivity index (χ0v) is 11.8. The maximum Gasteiger partial charge on any atom is 0.119 e. The molecule has 1 aromatic rings. The number of hydrogen-bond donors (Lipinski definition) is 1. The third-order valence-corrected chi connectivity index (χ3v) is 5.49. The van der Waals surface area contributed by atoms with Crippen molar-refractivity contribution in [3.05, 3.63) is 29.8 Å². The highest BCUT2D eigenvalue weighted by Gasteiger charge is 2.48. The number of aliphatic hydroxyl groups is 1. The molecule has 3 aliphatic carbocycles. The summed E-state index contributed by atoms with van der Waals surface area (Å²) in [5, 5.41) is 9.61. The Morgan fingerprint density at radius 2 is 1.79 bits per heavy atom. The van der Waals surface area contributed by atoms with E-state index in [9.17, 15) is 5.11 Å². The molecule has 3 saturated carbocycles. The summed E-state index contributed by atoms with van der Waals surface area (Å²) in [5.41, 5.74) is 2.05. The van der Waals surface area contributed by atoms with Crippen LogP contribution in [0.3, 0.4) is 0 Å². The Morgan fingerprint density at radius 1 is 1.11 bits per heavy atom. The molecule has 1 aromatic carbocycles. The van der Waals surface area contributed by atoms with Crippen molar-refractivity contribution in [2.75, 3.05) is 13.2 Å². The van der Waals surface area contributed by atoms with Gasteiger partial charge in [0.1, 0.15) is 5.75 Å². The summed E-state index contributed by atoms with van der Waals surface area (Å²) in [6.07, 6.45) is 7.22. The minimum atomic E-state index is 0.249. The molecule has 0 saturated heterocycles. The van der Waals surface area contributed by atoms with Crippen LogP contribution in [0.25, 0.3) is 0 Å². The molecule has 4 rings (SSSR count). The highest BCUT2D eigenvalue weighted by molar-refractivity contribution is 5.35. The van der Waals surface area contributed by atoms with Crippen molar-refractivity contribution in [3.8, 4) is 5.75 Å². The number of benzene rings is 1. The minimum absolute atomic E-state index is 0.249. The smallest absolute Gasteiger partial charge is 0.119 e. The van der Waals surface area contributed by atoms with Gasteiger partial charge in [0.25, 0.3) is 0 Å². The lowest BCUT2D eigenvalue weighted by Gasteiger charge is -2.53. The minimum Gasteiger partial charge on any atom is -0.494 e. The Kier molecular flexibility index (Phi) is 3.30. The summed E-state index contributed by atoms with van der Waals surface area (Å²) in [4.78, 5) is 0. The van der Waals surface area contributed by atoms with E-state index in [-0.39, 0.29) is 5.41 Å². The molecule has 0 aliphatic heterocycles. The van der Waals surface area contributed by atoms with E-state index in [2.05, 4.69) is 18.2 Å². The number of hydrogen-bond acceptors (Lipinski definition) is 2. The zero-order valence-electron chi connectivity index (χ0n) is 11.8. The summed E-state index contributed by atoms with van der Waals surface area (Å²) < 4.78 is 5.64. The topological polar surface area (TPSA) is 29.5 Å². The average molecular weight is 260 g/mol. The number of fused-ring (bicyclic) bond motifs is 3. The Labute approximate surface area is 115 Å². The Bertz CT molecular complexity index is 428. The fraction of sp³-hybridized carbons (Fsp3) is 0.647. The van der Waals surface area contributed by atoms with Crippen molar-refractivity contribution >= 4 is 0 Å². The van der Waals surface area contributed by atoms with Gasteiger partial charge in [-0.25, -0.2) is 0 Å². The standard InChI is InChI=1S/C17H24O2/c1-2-19-15-5-3-4-14(12-15)17-9-6-16(13-18,7-10-17)8-11-17/h3-5,12,18H,2,6-11,13H2,1H3. The van der Waals surface area contributed by atoms with E-state index in [1.807, 2.05) is 13.0 Å². The maximum absolute atomic E-state index is 9.61. The highest BCUT2D eigenvalue weighted by Crippen LogP contribution is 2.57. The van der Waals surface area contributed by atoms with Crippen molar-refractivity contribution in [2.45, 2.75) is 50.9 Å². The van der Waals surface area contributed by atoms with Crippen LogP contribution in [0.2, 0.25) is 0 Å². The molecule has 2 heteroatoms. The molecule has 19 heavy (non-hydrogen) atoms. The fourth-order valence-corrected chi connectivity index (χ4v) is 4.02. The van der Waals surface area contributed by atoms with E-state index < -0.39 is 0 Å². The first-order valence-electron chi connectivity index (χ1n) is 7.56. The van der Waals surface area contributed by atoms with E-state index in [1.54, 1.807) is 0 Å². The van der Waals surface area contributed by atoms with E-state index in [4.69, 9.17) is 4.74 Å². The third kappa shape index (κ3) is 2.16. The number of rotatable bonds is 4. The number of ether oxygens (including phenoxy) is 1. The molecule has 0 heterocycles. The summed E-state index contributed by atoms with van der Waals surface area (Å²) in [7, 11) is 0. The molecule has 2 bridgehead atoms. The Morgan fingerprint density at radius 3 is 2.37 bits per heavy atom. The van der Waals surface area contributed by atoms with E-state index in [0.717, 1.165) is 12.4 Å². The molecular formula is C17H24O2. The molecule has 0 unspecified atom stereocenters. The SMILES string of the molecule is CCOc1cccc(C23CCC(CO)(CC2)CC3)c1. The molecule has 0 atom stereocenters. The largest absolute Gasteiger partial charge is 0.494 e. The molecule has 0 spiro atoms. The molecule has 104 valence electrons. The molecule has 3 fully saturated rings. The summed E-state index contributed by atoms with van der Waals surface area (Å²) >= 11 is 0. The van der Waals surface area contributed by atoms with Crippen LogP contribution in [-0.4, -0.2) is 18.3 Å². The van der Waals surface area contributed by atoms with Gasteiger partial charge in [-0.15, -0.1) is 0 Å². The van der Waals surface area contributed by atoms with E-state index >= 15 is 0 Å². The summed E-state index contributed by atoms with van der Waals surface area (Å²) in [6.45, 7) is 3.13. The van der Waals surface area contributed by atoms with Crippen molar-refractivity contribution in [1.82, 2.24) is 0 Å². The Balaban J connectivity index is 1.85. The van der Waals surface area contributed by atoms with Gasteiger partial charge in [0.05, 0.1) is 6.61 Å². The summed E-state index contributed by atoms with van der Waals surface area (Å²) in [6, 6.07) is 8.67. The molecule has 1 N–H and O–H groups in total. The van der Waals surface area contributed by atoms with Gasteiger partial charge in [-0.05, 0) is 74.0 Å². The zero-order chi connectivity index (χ0) is 13.3.